The minimum Gasteiger partial charge on any atom is -0.398 e. The van der Waals surface area contributed by atoms with Crippen LogP contribution >= 0.6 is 27.7 Å². The fourth-order valence-electron chi connectivity index (χ4n) is 1.68. The largest absolute Gasteiger partial charge is 0.398 e. The van der Waals surface area contributed by atoms with E-state index in [-0.39, 0.29) is 16.8 Å². The van der Waals surface area contributed by atoms with Crippen molar-refractivity contribution in [3.63, 3.8) is 0 Å². The molecule has 7 heteroatoms. The number of anilines is 1. The van der Waals surface area contributed by atoms with E-state index in [4.69, 9.17) is 5.73 Å². The number of rotatable bonds is 2. The summed E-state index contributed by atoms with van der Waals surface area (Å²) in [4.78, 5) is 0.792. The Kier molecular flexibility index (Phi) is 3.72. The van der Waals surface area contributed by atoms with Gasteiger partial charge in [0.15, 0.2) is 9.84 Å². The molecular formula is C10H12BrNO3S2. The van der Waals surface area contributed by atoms with Gasteiger partial charge in [0.05, 0.1) is 22.9 Å². The van der Waals surface area contributed by atoms with Crippen LogP contribution in [0.25, 0.3) is 0 Å². The van der Waals surface area contributed by atoms with Crippen LogP contribution in [0, 0.1) is 0 Å². The molecule has 94 valence electrons. The summed E-state index contributed by atoms with van der Waals surface area (Å²) in [5, 5.41) is 9.36. The van der Waals surface area contributed by atoms with Crippen LogP contribution in [0.4, 0.5) is 5.69 Å². The summed E-state index contributed by atoms with van der Waals surface area (Å²) in [6, 6.07) is 5.40. The van der Waals surface area contributed by atoms with Crippen molar-refractivity contribution in [2.75, 3.05) is 17.2 Å². The third kappa shape index (κ3) is 3.15. The zero-order valence-electron chi connectivity index (χ0n) is 8.84. The number of aliphatic hydroxyl groups is 1. The molecular weight excluding hydrogens is 326 g/mol. The van der Waals surface area contributed by atoms with Gasteiger partial charge < -0.3 is 10.8 Å². The Balaban J connectivity index is 2.19. The van der Waals surface area contributed by atoms with Crippen molar-refractivity contribution < 1.29 is 13.5 Å². The number of halogens is 1. The zero-order valence-corrected chi connectivity index (χ0v) is 12.1. The highest BCUT2D eigenvalue weighted by atomic mass is 79.9. The van der Waals surface area contributed by atoms with Crippen LogP contribution in [0.5, 0.6) is 0 Å². The van der Waals surface area contributed by atoms with E-state index in [0.29, 0.717) is 5.69 Å². The van der Waals surface area contributed by atoms with Crippen LogP contribution in [-0.4, -0.2) is 36.4 Å². The van der Waals surface area contributed by atoms with Crippen molar-refractivity contribution in [3.05, 3.63) is 22.7 Å². The molecule has 0 aliphatic carbocycles. The molecule has 1 aliphatic heterocycles. The lowest BCUT2D eigenvalue weighted by Gasteiger charge is -2.13. The van der Waals surface area contributed by atoms with Gasteiger partial charge in [-0.1, -0.05) is 15.9 Å². The van der Waals surface area contributed by atoms with Gasteiger partial charge in [0, 0.05) is 15.1 Å². The van der Waals surface area contributed by atoms with E-state index in [1.54, 1.807) is 6.07 Å². The topological polar surface area (TPSA) is 80.4 Å². The first-order chi connectivity index (χ1) is 7.87. The molecule has 2 rings (SSSR count). The van der Waals surface area contributed by atoms with Gasteiger partial charge in [0.25, 0.3) is 0 Å². The minimum atomic E-state index is -3.11. The third-order valence-electron chi connectivity index (χ3n) is 2.53. The molecule has 2 unspecified atom stereocenters. The van der Waals surface area contributed by atoms with Gasteiger partial charge in [-0.15, -0.1) is 11.8 Å². The predicted molar refractivity (Wildman–Crippen MR) is 72.9 cm³/mol. The maximum Gasteiger partial charge on any atom is 0.154 e. The lowest BCUT2D eigenvalue weighted by molar-refractivity contribution is 0.207. The molecule has 1 fully saturated rings. The predicted octanol–water partition coefficient (Wildman–Crippen LogP) is 1.28. The smallest absolute Gasteiger partial charge is 0.154 e. The van der Waals surface area contributed by atoms with E-state index < -0.39 is 15.9 Å². The Morgan fingerprint density at radius 3 is 2.71 bits per heavy atom. The summed E-state index contributed by atoms with van der Waals surface area (Å²) in [5.74, 6) is -0.149. The average Bonchev–Trinajstić information content (AvgIpc) is 2.46. The van der Waals surface area contributed by atoms with Gasteiger partial charge in [-0.2, -0.15) is 0 Å². The number of aliphatic hydroxyl groups excluding tert-OH is 1. The van der Waals surface area contributed by atoms with Crippen LogP contribution in [0.1, 0.15) is 0 Å². The van der Waals surface area contributed by atoms with E-state index in [1.165, 1.54) is 11.8 Å². The highest BCUT2D eigenvalue weighted by molar-refractivity contribution is 9.10. The molecule has 3 N–H and O–H groups in total. The van der Waals surface area contributed by atoms with Crippen molar-refractivity contribution in [2.24, 2.45) is 0 Å². The van der Waals surface area contributed by atoms with Gasteiger partial charge in [-0.05, 0) is 18.2 Å². The van der Waals surface area contributed by atoms with Gasteiger partial charge in [-0.3, -0.25) is 0 Å². The molecule has 1 aromatic rings. The van der Waals surface area contributed by atoms with Crippen LogP contribution in [0.2, 0.25) is 0 Å². The second-order valence-electron chi connectivity index (χ2n) is 3.98. The molecule has 1 aliphatic rings. The first kappa shape index (κ1) is 13.2. The zero-order chi connectivity index (χ0) is 12.6. The number of thioether (sulfide) groups is 1. The maximum atomic E-state index is 11.4. The summed E-state index contributed by atoms with van der Waals surface area (Å²) in [7, 11) is -3.11. The van der Waals surface area contributed by atoms with E-state index in [0.717, 1.165) is 9.37 Å². The van der Waals surface area contributed by atoms with E-state index >= 15 is 0 Å². The molecule has 0 saturated carbocycles. The van der Waals surface area contributed by atoms with Crippen LogP contribution in [-0.2, 0) is 9.84 Å². The Hall–Kier alpha value is -0.240. The number of hydrogen-bond acceptors (Lipinski definition) is 5. The van der Waals surface area contributed by atoms with Gasteiger partial charge in [0.2, 0.25) is 0 Å². The fraction of sp³-hybridized carbons (Fsp3) is 0.400. The maximum absolute atomic E-state index is 11.4. The molecule has 0 spiro atoms. The van der Waals surface area contributed by atoms with Crippen LogP contribution in [0.15, 0.2) is 27.6 Å². The highest BCUT2D eigenvalue weighted by Crippen LogP contribution is 2.35. The SMILES string of the molecule is Nc1ccc(Br)cc1SC1CS(=O)(=O)CC1O. The lowest BCUT2D eigenvalue weighted by atomic mass is 10.3. The number of nitrogen functional groups attached to an aromatic ring is 1. The second-order valence-corrected chi connectivity index (χ2v) is 8.33. The summed E-state index contributed by atoms with van der Waals surface area (Å²) < 4.78 is 23.6. The average molecular weight is 338 g/mol. The molecule has 0 bridgehead atoms. The Bertz CT molecular complexity index is 532. The van der Waals surface area contributed by atoms with Crippen molar-refractivity contribution in [2.45, 2.75) is 16.2 Å². The van der Waals surface area contributed by atoms with Gasteiger partial charge in [0.1, 0.15) is 0 Å². The van der Waals surface area contributed by atoms with Crippen molar-refractivity contribution in [1.82, 2.24) is 0 Å². The Morgan fingerprint density at radius 2 is 2.12 bits per heavy atom. The molecule has 0 radical (unpaired) electrons. The fourth-order valence-corrected chi connectivity index (χ4v) is 5.80. The molecule has 2 atom stereocenters. The first-order valence-corrected chi connectivity index (χ1v) is 8.47. The van der Waals surface area contributed by atoms with E-state index in [9.17, 15) is 13.5 Å². The van der Waals surface area contributed by atoms with Gasteiger partial charge >= 0.3 is 0 Å². The van der Waals surface area contributed by atoms with Crippen molar-refractivity contribution in [3.8, 4) is 0 Å². The number of sulfone groups is 1. The van der Waals surface area contributed by atoms with Gasteiger partial charge in [-0.25, -0.2) is 8.42 Å². The Morgan fingerprint density at radius 1 is 1.41 bits per heavy atom. The summed E-state index contributed by atoms with van der Waals surface area (Å²) >= 11 is 4.65. The van der Waals surface area contributed by atoms with Crippen molar-refractivity contribution >= 4 is 43.2 Å². The normalized spacial score (nSPS) is 27.2. The first-order valence-electron chi connectivity index (χ1n) is 4.97. The quantitative estimate of drug-likeness (QED) is 0.794. The van der Waals surface area contributed by atoms with Crippen molar-refractivity contribution in [1.29, 1.82) is 0 Å². The molecule has 1 aromatic carbocycles. The molecule has 17 heavy (non-hydrogen) atoms. The standard InChI is InChI=1S/C10H12BrNO3S2/c11-6-1-2-7(12)9(3-6)16-10-5-17(14,15)4-8(10)13/h1-3,8,10,13H,4-5,12H2. The van der Waals surface area contributed by atoms with Crippen LogP contribution in [0.3, 0.4) is 0 Å². The summed E-state index contributed by atoms with van der Waals surface area (Å²) in [5.41, 5.74) is 6.40. The minimum absolute atomic E-state index is 0.00475. The van der Waals surface area contributed by atoms with Crippen LogP contribution < -0.4 is 5.73 Å². The summed E-state index contributed by atoms with van der Waals surface area (Å²) in [6.45, 7) is 0. The number of benzene rings is 1. The molecule has 1 heterocycles. The number of hydrogen-bond donors (Lipinski definition) is 2. The van der Waals surface area contributed by atoms with E-state index in [1.807, 2.05) is 12.1 Å². The van der Waals surface area contributed by atoms with E-state index in [2.05, 4.69) is 15.9 Å². The molecule has 0 amide bonds. The highest BCUT2D eigenvalue weighted by Gasteiger charge is 2.37. The number of nitrogens with two attached hydrogens (primary N) is 1. The summed E-state index contributed by atoms with van der Waals surface area (Å²) in [6.07, 6.45) is -0.816. The third-order valence-corrected chi connectivity index (χ3v) is 6.34. The second kappa shape index (κ2) is 4.79. The molecule has 1 saturated heterocycles. The molecule has 4 nitrogen and oxygen atoms in total. The monoisotopic (exact) mass is 337 g/mol. The Labute approximate surface area is 113 Å². The molecule has 0 aromatic heterocycles. The lowest BCUT2D eigenvalue weighted by Crippen LogP contribution is -2.20.